The van der Waals surface area contributed by atoms with Crippen LogP contribution in [-0.4, -0.2) is 36.3 Å². The van der Waals surface area contributed by atoms with Gasteiger partial charge in [0.15, 0.2) is 0 Å². The first kappa shape index (κ1) is 18.0. The molecule has 0 saturated carbocycles. The zero-order chi connectivity index (χ0) is 18.2. The van der Waals surface area contributed by atoms with Gasteiger partial charge < -0.3 is 15.0 Å². The van der Waals surface area contributed by atoms with Gasteiger partial charge in [0.25, 0.3) is 5.91 Å². The van der Waals surface area contributed by atoms with Gasteiger partial charge in [-0.15, -0.1) is 0 Å². The number of ether oxygens (including phenoxy) is 1. The lowest BCUT2D eigenvalue weighted by Crippen LogP contribution is -2.30. The summed E-state index contributed by atoms with van der Waals surface area (Å²) in [6.07, 6.45) is 2.37. The van der Waals surface area contributed by atoms with Gasteiger partial charge in [0, 0.05) is 31.6 Å². The van der Waals surface area contributed by atoms with Crippen molar-refractivity contribution in [2.45, 2.75) is 25.9 Å². The molecule has 26 heavy (non-hydrogen) atoms. The molecule has 0 bridgehead atoms. The second-order valence-electron chi connectivity index (χ2n) is 6.40. The number of hydrogen-bond donors (Lipinski definition) is 1. The summed E-state index contributed by atoms with van der Waals surface area (Å²) < 4.78 is 5.76. The van der Waals surface area contributed by atoms with Crippen LogP contribution in [-0.2, 0) is 11.4 Å². The maximum Gasteiger partial charge on any atom is 0.251 e. The molecule has 5 nitrogen and oxygen atoms in total. The fourth-order valence-corrected chi connectivity index (χ4v) is 2.98. The second-order valence-corrected chi connectivity index (χ2v) is 6.40. The molecule has 0 unspecified atom stereocenters. The van der Waals surface area contributed by atoms with Crippen LogP contribution < -0.4 is 10.1 Å². The Balaban J connectivity index is 1.44. The molecule has 1 N–H and O–H groups in total. The monoisotopic (exact) mass is 352 g/mol. The fourth-order valence-electron chi connectivity index (χ4n) is 2.98. The summed E-state index contributed by atoms with van der Waals surface area (Å²) in [6, 6.07) is 17.1. The summed E-state index contributed by atoms with van der Waals surface area (Å²) >= 11 is 0. The molecular formula is C21H24N2O3. The van der Waals surface area contributed by atoms with Gasteiger partial charge in [0.2, 0.25) is 5.91 Å². The summed E-state index contributed by atoms with van der Waals surface area (Å²) in [5.74, 6) is 0.770. The number of benzene rings is 2. The molecule has 3 rings (SSSR count). The average Bonchev–Trinajstić information content (AvgIpc) is 3.09. The largest absolute Gasteiger partial charge is 0.489 e. The van der Waals surface area contributed by atoms with Crippen molar-refractivity contribution in [2.75, 3.05) is 19.6 Å². The summed E-state index contributed by atoms with van der Waals surface area (Å²) in [6.45, 7) is 2.57. The SMILES string of the molecule is O=C(NCCCN1CCCC1=O)c1cccc(OCc2ccccc2)c1. The number of rotatable bonds is 8. The number of nitrogens with zero attached hydrogens (tertiary/aromatic N) is 1. The number of likely N-dealkylation sites (tertiary alicyclic amines) is 1. The van der Waals surface area contributed by atoms with E-state index in [0.29, 0.717) is 37.4 Å². The smallest absolute Gasteiger partial charge is 0.251 e. The van der Waals surface area contributed by atoms with Crippen molar-refractivity contribution < 1.29 is 14.3 Å². The standard InChI is InChI=1S/C21H24N2O3/c24-20-11-5-13-23(20)14-6-12-22-21(25)18-9-4-10-19(15-18)26-16-17-7-2-1-3-8-17/h1-4,7-10,15H,5-6,11-14,16H2,(H,22,25). The quantitative estimate of drug-likeness (QED) is 0.743. The third-order valence-electron chi connectivity index (χ3n) is 4.41. The number of carbonyl (C=O) groups excluding carboxylic acids is 2. The maximum atomic E-state index is 12.3. The number of carbonyl (C=O) groups is 2. The van der Waals surface area contributed by atoms with E-state index in [2.05, 4.69) is 5.32 Å². The molecule has 1 heterocycles. The van der Waals surface area contributed by atoms with Crippen LogP contribution in [0.15, 0.2) is 54.6 Å². The topological polar surface area (TPSA) is 58.6 Å². The first-order valence-electron chi connectivity index (χ1n) is 9.05. The van der Waals surface area contributed by atoms with Gasteiger partial charge >= 0.3 is 0 Å². The van der Waals surface area contributed by atoms with E-state index in [1.165, 1.54) is 0 Å². The van der Waals surface area contributed by atoms with E-state index in [1.807, 2.05) is 47.4 Å². The molecule has 0 aromatic heterocycles. The van der Waals surface area contributed by atoms with Crippen molar-refractivity contribution >= 4 is 11.8 Å². The van der Waals surface area contributed by atoms with E-state index in [-0.39, 0.29) is 11.8 Å². The molecule has 0 atom stereocenters. The Bertz CT molecular complexity index is 746. The molecule has 5 heteroatoms. The van der Waals surface area contributed by atoms with Crippen molar-refractivity contribution in [3.63, 3.8) is 0 Å². The van der Waals surface area contributed by atoms with Crippen LogP contribution in [0.5, 0.6) is 5.75 Å². The van der Waals surface area contributed by atoms with Crippen LogP contribution in [0.4, 0.5) is 0 Å². The Hall–Kier alpha value is -2.82. The predicted molar refractivity (Wildman–Crippen MR) is 100.0 cm³/mol. The highest BCUT2D eigenvalue weighted by atomic mass is 16.5. The zero-order valence-corrected chi connectivity index (χ0v) is 14.8. The predicted octanol–water partition coefficient (Wildman–Crippen LogP) is 3.01. The lowest BCUT2D eigenvalue weighted by atomic mass is 10.2. The molecule has 0 radical (unpaired) electrons. The molecule has 0 aliphatic carbocycles. The lowest BCUT2D eigenvalue weighted by molar-refractivity contribution is -0.127. The molecule has 1 saturated heterocycles. The van der Waals surface area contributed by atoms with Gasteiger partial charge in [-0.1, -0.05) is 36.4 Å². The molecule has 0 spiro atoms. The number of nitrogens with one attached hydrogen (secondary N) is 1. The molecular weight excluding hydrogens is 328 g/mol. The normalized spacial score (nSPS) is 13.7. The van der Waals surface area contributed by atoms with Crippen LogP contribution in [0.25, 0.3) is 0 Å². The molecule has 1 aliphatic rings. The van der Waals surface area contributed by atoms with Crippen LogP contribution in [0.3, 0.4) is 0 Å². The van der Waals surface area contributed by atoms with Crippen LogP contribution in [0.2, 0.25) is 0 Å². The molecule has 136 valence electrons. The zero-order valence-electron chi connectivity index (χ0n) is 14.8. The average molecular weight is 352 g/mol. The Kier molecular flexibility index (Phi) is 6.25. The van der Waals surface area contributed by atoms with E-state index in [4.69, 9.17) is 4.74 Å². The Morgan fingerprint density at radius 2 is 1.96 bits per heavy atom. The Labute approximate surface area is 154 Å². The van der Waals surface area contributed by atoms with Gasteiger partial charge in [-0.25, -0.2) is 0 Å². The van der Waals surface area contributed by atoms with Gasteiger partial charge in [0.1, 0.15) is 12.4 Å². The highest BCUT2D eigenvalue weighted by Crippen LogP contribution is 2.15. The molecule has 1 fully saturated rings. The van der Waals surface area contributed by atoms with Crippen molar-refractivity contribution in [3.8, 4) is 5.75 Å². The summed E-state index contributed by atoms with van der Waals surface area (Å²) in [7, 11) is 0. The van der Waals surface area contributed by atoms with E-state index >= 15 is 0 Å². The van der Waals surface area contributed by atoms with Crippen LogP contribution in [0.1, 0.15) is 35.2 Å². The van der Waals surface area contributed by atoms with E-state index in [1.54, 1.807) is 12.1 Å². The maximum absolute atomic E-state index is 12.3. The first-order chi connectivity index (χ1) is 12.7. The van der Waals surface area contributed by atoms with E-state index in [0.717, 1.165) is 24.9 Å². The van der Waals surface area contributed by atoms with Crippen LogP contribution >= 0.6 is 0 Å². The van der Waals surface area contributed by atoms with Gasteiger partial charge in [0.05, 0.1) is 0 Å². The summed E-state index contributed by atoms with van der Waals surface area (Å²) in [5, 5.41) is 2.91. The Morgan fingerprint density at radius 3 is 2.73 bits per heavy atom. The van der Waals surface area contributed by atoms with Crippen molar-refractivity contribution in [1.29, 1.82) is 0 Å². The molecule has 1 aliphatic heterocycles. The third kappa shape index (κ3) is 5.09. The number of hydrogen-bond acceptors (Lipinski definition) is 3. The first-order valence-corrected chi connectivity index (χ1v) is 9.05. The summed E-state index contributed by atoms with van der Waals surface area (Å²) in [4.78, 5) is 25.7. The number of amides is 2. The highest BCUT2D eigenvalue weighted by Gasteiger charge is 2.19. The van der Waals surface area contributed by atoms with E-state index in [9.17, 15) is 9.59 Å². The molecule has 2 aromatic carbocycles. The Morgan fingerprint density at radius 1 is 1.12 bits per heavy atom. The van der Waals surface area contributed by atoms with Gasteiger partial charge in [-0.05, 0) is 36.6 Å². The fraction of sp³-hybridized carbons (Fsp3) is 0.333. The van der Waals surface area contributed by atoms with E-state index < -0.39 is 0 Å². The minimum atomic E-state index is -0.122. The second kappa shape index (κ2) is 9.04. The van der Waals surface area contributed by atoms with Crippen molar-refractivity contribution in [2.24, 2.45) is 0 Å². The van der Waals surface area contributed by atoms with Crippen molar-refractivity contribution in [1.82, 2.24) is 10.2 Å². The van der Waals surface area contributed by atoms with Gasteiger partial charge in [-0.2, -0.15) is 0 Å². The minimum absolute atomic E-state index is 0.122. The van der Waals surface area contributed by atoms with Gasteiger partial charge in [-0.3, -0.25) is 9.59 Å². The van der Waals surface area contributed by atoms with Crippen LogP contribution in [0, 0.1) is 0 Å². The lowest BCUT2D eigenvalue weighted by Gasteiger charge is -2.15. The van der Waals surface area contributed by atoms with Crippen molar-refractivity contribution in [3.05, 3.63) is 65.7 Å². The highest BCUT2D eigenvalue weighted by molar-refractivity contribution is 5.94. The molecule has 2 aromatic rings. The molecule has 2 amide bonds. The minimum Gasteiger partial charge on any atom is -0.489 e. The third-order valence-corrected chi connectivity index (χ3v) is 4.41. The summed E-state index contributed by atoms with van der Waals surface area (Å²) in [5.41, 5.74) is 1.66.